The fourth-order valence-electron chi connectivity index (χ4n) is 3.18. The maximum Gasteiger partial charge on any atom is 0.144 e. The highest BCUT2D eigenvalue weighted by Gasteiger charge is 2.18. The molecule has 2 aliphatic rings. The number of ether oxygens (including phenoxy) is 2. The van der Waals surface area contributed by atoms with Crippen LogP contribution in [0.5, 0.6) is 0 Å². The van der Waals surface area contributed by atoms with E-state index in [-0.39, 0.29) is 0 Å². The lowest BCUT2D eigenvalue weighted by atomic mass is 10.2. The number of benzene rings is 1. The van der Waals surface area contributed by atoms with Gasteiger partial charge in [-0.1, -0.05) is 18.2 Å². The molecule has 128 valence electrons. The minimum absolute atomic E-state index is 0.367. The van der Waals surface area contributed by atoms with Gasteiger partial charge in [0.05, 0.1) is 31.4 Å². The van der Waals surface area contributed by atoms with Crippen LogP contribution in [-0.2, 0) is 16.0 Å². The molecule has 0 bridgehead atoms. The van der Waals surface area contributed by atoms with Crippen LogP contribution in [0.25, 0.3) is 10.9 Å². The highest BCUT2D eigenvalue weighted by atomic mass is 32.2. The van der Waals surface area contributed by atoms with Gasteiger partial charge in [-0.3, -0.25) is 4.90 Å². The molecule has 0 N–H and O–H groups in total. The summed E-state index contributed by atoms with van der Waals surface area (Å²) in [6, 6.07) is 8.30. The molecule has 0 radical (unpaired) electrons. The van der Waals surface area contributed by atoms with Gasteiger partial charge in [0.25, 0.3) is 0 Å². The van der Waals surface area contributed by atoms with Crippen molar-refractivity contribution in [2.45, 2.75) is 30.5 Å². The van der Waals surface area contributed by atoms with Crippen molar-refractivity contribution in [1.82, 2.24) is 14.9 Å². The standard InChI is InChI=1S/C18H23N3O2S/c1-2-6-16-15(5-1)18(24-13-14-4-3-9-23-14)20-17(19-16)12-21-7-10-22-11-8-21/h1-2,5-6,14H,3-4,7-13H2/t14-/m1/s1. The number of thioether (sulfide) groups is 1. The van der Waals surface area contributed by atoms with Gasteiger partial charge < -0.3 is 9.47 Å². The summed E-state index contributed by atoms with van der Waals surface area (Å²) in [5.41, 5.74) is 1.03. The van der Waals surface area contributed by atoms with E-state index in [2.05, 4.69) is 23.1 Å². The van der Waals surface area contributed by atoms with Crippen molar-refractivity contribution in [1.29, 1.82) is 0 Å². The highest BCUT2D eigenvalue weighted by molar-refractivity contribution is 7.99. The molecule has 6 heteroatoms. The summed E-state index contributed by atoms with van der Waals surface area (Å²) < 4.78 is 11.2. The molecule has 3 heterocycles. The molecular weight excluding hydrogens is 322 g/mol. The molecule has 2 aromatic rings. The molecule has 0 spiro atoms. The maximum atomic E-state index is 5.75. The molecule has 0 aliphatic carbocycles. The lowest BCUT2D eigenvalue weighted by molar-refractivity contribution is 0.0330. The first-order valence-electron chi connectivity index (χ1n) is 8.69. The molecule has 24 heavy (non-hydrogen) atoms. The molecular formula is C18H23N3O2S. The van der Waals surface area contributed by atoms with Crippen LogP contribution < -0.4 is 0 Å². The molecule has 5 nitrogen and oxygen atoms in total. The van der Waals surface area contributed by atoms with Crippen molar-refractivity contribution in [3.05, 3.63) is 30.1 Å². The van der Waals surface area contributed by atoms with Gasteiger partial charge in [-0.05, 0) is 18.9 Å². The number of aromatic nitrogens is 2. The van der Waals surface area contributed by atoms with E-state index in [1.54, 1.807) is 11.8 Å². The zero-order valence-electron chi connectivity index (χ0n) is 13.8. The van der Waals surface area contributed by atoms with Gasteiger partial charge in [0.15, 0.2) is 0 Å². The molecule has 1 aromatic carbocycles. The minimum atomic E-state index is 0.367. The summed E-state index contributed by atoms with van der Waals surface area (Å²) in [4.78, 5) is 12.0. The van der Waals surface area contributed by atoms with E-state index in [1.807, 2.05) is 6.07 Å². The molecule has 1 atom stereocenters. The Kier molecular flexibility index (Phi) is 5.27. The first-order valence-corrected chi connectivity index (χ1v) is 9.67. The van der Waals surface area contributed by atoms with Crippen LogP contribution in [0.4, 0.5) is 0 Å². The van der Waals surface area contributed by atoms with Gasteiger partial charge in [-0.2, -0.15) is 0 Å². The maximum absolute atomic E-state index is 5.75. The number of hydrogen-bond donors (Lipinski definition) is 0. The van der Waals surface area contributed by atoms with Crippen LogP contribution in [-0.4, -0.2) is 59.6 Å². The first kappa shape index (κ1) is 16.3. The van der Waals surface area contributed by atoms with E-state index in [4.69, 9.17) is 19.4 Å². The van der Waals surface area contributed by atoms with E-state index >= 15 is 0 Å². The van der Waals surface area contributed by atoms with Crippen LogP contribution in [0.2, 0.25) is 0 Å². The fraction of sp³-hybridized carbons (Fsp3) is 0.556. The topological polar surface area (TPSA) is 47.5 Å². The van der Waals surface area contributed by atoms with Crippen LogP contribution >= 0.6 is 11.8 Å². The summed E-state index contributed by atoms with van der Waals surface area (Å²) in [5, 5.41) is 2.23. The number of rotatable bonds is 5. The molecule has 0 unspecified atom stereocenters. The third kappa shape index (κ3) is 3.88. The van der Waals surface area contributed by atoms with Crippen molar-refractivity contribution in [3.8, 4) is 0 Å². The molecule has 0 amide bonds. The second-order valence-electron chi connectivity index (χ2n) is 6.30. The van der Waals surface area contributed by atoms with Gasteiger partial charge in [0.1, 0.15) is 10.9 Å². The smallest absolute Gasteiger partial charge is 0.144 e. The zero-order valence-corrected chi connectivity index (χ0v) is 14.6. The molecule has 2 fully saturated rings. The molecule has 1 aromatic heterocycles. The number of fused-ring (bicyclic) bond motifs is 1. The Morgan fingerprint density at radius 2 is 2.00 bits per heavy atom. The summed E-state index contributed by atoms with van der Waals surface area (Å²) in [5.74, 6) is 1.88. The van der Waals surface area contributed by atoms with Crippen molar-refractivity contribution in [3.63, 3.8) is 0 Å². The summed E-state index contributed by atoms with van der Waals surface area (Å²) >= 11 is 1.80. The minimum Gasteiger partial charge on any atom is -0.379 e. The predicted molar refractivity (Wildman–Crippen MR) is 95.3 cm³/mol. The Morgan fingerprint density at radius 3 is 2.83 bits per heavy atom. The van der Waals surface area contributed by atoms with Gasteiger partial charge >= 0.3 is 0 Å². The van der Waals surface area contributed by atoms with Crippen LogP contribution in [0.1, 0.15) is 18.7 Å². The summed E-state index contributed by atoms with van der Waals surface area (Å²) in [7, 11) is 0. The van der Waals surface area contributed by atoms with E-state index in [9.17, 15) is 0 Å². The van der Waals surface area contributed by atoms with Gasteiger partial charge in [-0.25, -0.2) is 9.97 Å². The number of morpholine rings is 1. The van der Waals surface area contributed by atoms with Crippen LogP contribution in [0, 0.1) is 0 Å². The SMILES string of the molecule is c1ccc2c(SC[C@H]3CCCO3)nc(CN3CCOCC3)nc2c1. The molecule has 0 saturated carbocycles. The molecule has 4 rings (SSSR count). The second-order valence-corrected chi connectivity index (χ2v) is 7.31. The summed E-state index contributed by atoms with van der Waals surface area (Å²) in [6.45, 7) is 5.20. The average molecular weight is 345 g/mol. The lowest BCUT2D eigenvalue weighted by Gasteiger charge is -2.26. The molecule has 2 saturated heterocycles. The Hall–Kier alpha value is -1.21. The Bertz CT molecular complexity index is 685. The van der Waals surface area contributed by atoms with Crippen molar-refractivity contribution in [2.75, 3.05) is 38.7 Å². The average Bonchev–Trinajstić information content (AvgIpc) is 3.14. The number of para-hydroxylation sites is 1. The Morgan fingerprint density at radius 1 is 1.12 bits per heavy atom. The van der Waals surface area contributed by atoms with Crippen molar-refractivity contribution >= 4 is 22.7 Å². The third-order valence-corrected chi connectivity index (χ3v) is 5.64. The van der Waals surface area contributed by atoms with Crippen molar-refractivity contribution < 1.29 is 9.47 Å². The Labute approximate surface area is 146 Å². The number of hydrogen-bond acceptors (Lipinski definition) is 6. The monoisotopic (exact) mass is 345 g/mol. The van der Waals surface area contributed by atoms with Gasteiger partial charge in [-0.15, -0.1) is 11.8 Å². The zero-order chi connectivity index (χ0) is 16.2. The van der Waals surface area contributed by atoms with Crippen LogP contribution in [0.3, 0.4) is 0 Å². The largest absolute Gasteiger partial charge is 0.379 e. The summed E-state index contributed by atoms with van der Waals surface area (Å²) in [6.07, 6.45) is 2.71. The van der Waals surface area contributed by atoms with Crippen molar-refractivity contribution in [2.24, 2.45) is 0 Å². The van der Waals surface area contributed by atoms with E-state index in [1.165, 1.54) is 6.42 Å². The van der Waals surface area contributed by atoms with E-state index in [0.717, 1.165) is 73.4 Å². The van der Waals surface area contributed by atoms with Gasteiger partial charge in [0, 0.05) is 30.8 Å². The highest BCUT2D eigenvalue weighted by Crippen LogP contribution is 2.28. The normalized spacial score (nSPS) is 22.2. The second kappa shape index (κ2) is 7.78. The van der Waals surface area contributed by atoms with Gasteiger partial charge in [0.2, 0.25) is 0 Å². The Balaban J connectivity index is 1.55. The quantitative estimate of drug-likeness (QED) is 0.613. The molecule has 2 aliphatic heterocycles. The number of nitrogens with zero attached hydrogens (tertiary/aromatic N) is 3. The first-order chi connectivity index (χ1) is 11.9. The predicted octanol–water partition coefficient (Wildman–Crippen LogP) is 2.73. The lowest BCUT2D eigenvalue weighted by Crippen LogP contribution is -2.36. The van der Waals surface area contributed by atoms with E-state index in [0.29, 0.717) is 6.10 Å². The van der Waals surface area contributed by atoms with E-state index < -0.39 is 0 Å². The fourth-order valence-corrected chi connectivity index (χ4v) is 4.29. The van der Waals surface area contributed by atoms with Crippen LogP contribution in [0.15, 0.2) is 29.3 Å². The third-order valence-electron chi connectivity index (χ3n) is 4.51.